The van der Waals surface area contributed by atoms with Crippen LogP contribution in [0.5, 0.6) is 5.75 Å². The summed E-state index contributed by atoms with van der Waals surface area (Å²) in [6.07, 6.45) is 11.7. The Morgan fingerprint density at radius 1 is 1.16 bits per heavy atom. The smallest absolute Gasteiger partial charge is 0.250 e. The van der Waals surface area contributed by atoms with Gasteiger partial charge >= 0.3 is 0 Å². The van der Waals surface area contributed by atoms with Crippen molar-refractivity contribution in [2.75, 3.05) is 13.7 Å². The topological polar surface area (TPSA) is 47.4 Å². The summed E-state index contributed by atoms with van der Waals surface area (Å²) >= 11 is 0. The third-order valence-electron chi connectivity index (χ3n) is 5.52. The quantitative estimate of drug-likeness (QED) is 0.509. The van der Waals surface area contributed by atoms with E-state index in [1.807, 2.05) is 42.1 Å². The van der Waals surface area contributed by atoms with Gasteiger partial charge in [-0.05, 0) is 73.2 Å². The summed E-state index contributed by atoms with van der Waals surface area (Å²) in [6, 6.07) is 12.2. The van der Waals surface area contributed by atoms with E-state index >= 15 is 0 Å². The highest BCUT2D eigenvalue weighted by Gasteiger charge is 2.15. The number of imidazole rings is 1. The number of ether oxygens (including phenoxy) is 1. The normalized spacial score (nSPS) is 14.3. The van der Waals surface area contributed by atoms with E-state index in [1.54, 1.807) is 42.6 Å². The second kappa shape index (κ2) is 9.64. The maximum absolute atomic E-state index is 13.3. The van der Waals surface area contributed by atoms with Gasteiger partial charge in [0.05, 0.1) is 24.8 Å². The molecular weight excluding hydrogens is 405 g/mol. The van der Waals surface area contributed by atoms with Crippen LogP contribution in [0.3, 0.4) is 0 Å². The van der Waals surface area contributed by atoms with Crippen molar-refractivity contribution in [2.45, 2.75) is 26.2 Å². The molecule has 164 valence electrons. The molecule has 1 amide bonds. The Kier molecular flexibility index (Phi) is 6.50. The molecule has 6 heteroatoms. The van der Waals surface area contributed by atoms with Gasteiger partial charge in [0.25, 0.3) is 5.91 Å². The monoisotopic (exact) mass is 431 g/mol. The molecule has 0 saturated carbocycles. The number of amides is 1. The van der Waals surface area contributed by atoms with Crippen LogP contribution in [0, 0.1) is 12.7 Å². The molecule has 4 rings (SSSR count). The molecule has 0 unspecified atom stereocenters. The summed E-state index contributed by atoms with van der Waals surface area (Å²) in [4.78, 5) is 18.9. The van der Waals surface area contributed by atoms with E-state index in [0.717, 1.165) is 47.3 Å². The number of hydrogen-bond acceptors (Lipinski definition) is 3. The zero-order valence-electron chi connectivity index (χ0n) is 18.3. The molecule has 32 heavy (non-hydrogen) atoms. The Morgan fingerprint density at radius 2 is 1.97 bits per heavy atom. The number of methoxy groups -OCH3 is 1. The van der Waals surface area contributed by atoms with Crippen molar-refractivity contribution >= 4 is 17.6 Å². The molecule has 5 nitrogen and oxygen atoms in total. The Morgan fingerprint density at radius 3 is 2.69 bits per heavy atom. The van der Waals surface area contributed by atoms with Crippen molar-refractivity contribution in [3.63, 3.8) is 0 Å². The van der Waals surface area contributed by atoms with Crippen molar-refractivity contribution in [3.8, 4) is 11.4 Å². The first-order valence-electron chi connectivity index (χ1n) is 10.7. The fraction of sp³-hybridized carbons (Fsp3) is 0.231. The molecule has 1 aliphatic heterocycles. The minimum atomic E-state index is -0.261. The molecule has 0 N–H and O–H groups in total. The fourth-order valence-electron chi connectivity index (χ4n) is 3.80. The Bertz CT molecular complexity index is 1160. The summed E-state index contributed by atoms with van der Waals surface area (Å²) in [6.45, 7) is 2.60. The standard InChI is InChI=1S/C26H26FN3O2/c1-19-16-30(18-28-19)24-12-6-20(15-25(24)32-2)7-13-26(31)29-14-4-3-5-22(17-29)21-8-10-23(27)11-9-21/h6-13,15-18H,3-5,14H2,1-2H3. The lowest BCUT2D eigenvalue weighted by atomic mass is 10.0. The molecule has 1 aromatic heterocycles. The van der Waals surface area contributed by atoms with E-state index in [9.17, 15) is 9.18 Å². The highest BCUT2D eigenvalue weighted by Crippen LogP contribution is 2.27. The van der Waals surface area contributed by atoms with Crippen LogP contribution in [0.15, 0.2) is 67.3 Å². The van der Waals surface area contributed by atoms with E-state index in [4.69, 9.17) is 4.74 Å². The predicted octanol–water partition coefficient (Wildman–Crippen LogP) is 5.40. The van der Waals surface area contributed by atoms with Crippen LogP contribution in [0.1, 0.15) is 36.1 Å². The lowest BCUT2D eigenvalue weighted by Crippen LogP contribution is -2.24. The zero-order valence-corrected chi connectivity index (χ0v) is 18.3. The number of aryl methyl sites for hydroxylation is 1. The molecule has 1 aliphatic rings. The van der Waals surface area contributed by atoms with Crippen LogP contribution in [0.25, 0.3) is 17.3 Å². The van der Waals surface area contributed by atoms with Crippen LogP contribution >= 0.6 is 0 Å². The predicted molar refractivity (Wildman–Crippen MR) is 124 cm³/mol. The third-order valence-corrected chi connectivity index (χ3v) is 5.52. The number of halogens is 1. The van der Waals surface area contributed by atoms with Gasteiger partial charge < -0.3 is 14.2 Å². The maximum Gasteiger partial charge on any atom is 0.250 e. The number of rotatable bonds is 5. The largest absolute Gasteiger partial charge is 0.495 e. The van der Waals surface area contributed by atoms with Gasteiger partial charge in [-0.25, -0.2) is 9.37 Å². The first-order valence-corrected chi connectivity index (χ1v) is 10.7. The number of hydrogen-bond donors (Lipinski definition) is 0. The average Bonchev–Trinajstić information content (AvgIpc) is 3.09. The van der Waals surface area contributed by atoms with Gasteiger partial charge in [0, 0.05) is 25.0 Å². The van der Waals surface area contributed by atoms with Crippen LogP contribution in [0.2, 0.25) is 0 Å². The van der Waals surface area contributed by atoms with Crippen molar-refractivity contribution < 1.29 is 13.9 Å². The number of carbonyl (C=O) groups excluding carboxylic acids is 1. The van der Waals surface area contributed by atoms with Gasteiger partial charge in [0.2, 0.25) is 0 Å². The van der Waals surface area contributed by atoms with Crippen molar-refractivity contribution in [2.24, 2.45) is 0 Å². The first-order chi connectivity index (χ1) is 15.5. The van der Waals surface area contributed by atoms with E-state index in [1.165, 1.54) is 12.1 Å². The van der Waals surface area contributed by atoms with Gasteiger partial charge in [-0.2, -0.15) is 0 Å². The first kappa shape index (κ1) is 21.6. The molecular formula is C26H26FN3O2. The Balaban J connectivity index is 1.52. The van der Waals surface area contributed by atoms with Crippen LogP contribution < -0.4 is 4.74 Å². The molecule has 2 heterocycles. The molecule has 0 spiro atoms. The van der Waals surface area contributed by atoms with Gasteiger partial charge in [0.1, 0.15) is 11.6 Å². The van der Waals surface area contributed by atoms with Crippen LogP contribution in [0.4, 0.5) is 4.39 Å². The van der Waals surface area contributed by atoms with E-state index in [-0.39, 0.29) is 11.7 Å². The van der Waals surface area contributed by atoms with Gasteiger partial charge in [-0.3, -0.25) is 4.79 Å². The summed E-state index contributed by atoms with van der Waals surface area (Å²) in [5.41, 5.74) is 4.67. The maximum atomic E-state index is 13.3. The highest BCUT2D eigenvalue weighted by atomic mass is 19.1. The number of nitrogens with zero attached hydrogens (tertiary/aromatic N) is 3. The Labute approximate surface area is 187 Å². The van der Waals surface area contributed by atoms with Crippen molar-refractivity contribution in [1.29, 1.82) is 0 Å². The second-order valence-corrected chi connectivity index (χ2v) is 7.84. The van der Waals surface area contributed by atoms with Crippen LogP contribution in [-0.4, -0.2) is 34.0 Å². The third kappa shape index (κ3) is 4.97. The SMILES string of the molecule is COc1cc(C=CC(=O)N2C=C(c3ccc(F)cc3)CCCC2)ccc1-n1cnc(C)c1. The summed E-state index contributed by atoms with van der Waals surface area (Å²) in [5.74, 6) is 0.355. The summed E-state index contributed by atoms with van der Waals surface area (Å²) in [7, 11) is 1.63. The van der Waals surface area contributed by atoms with Gasteiger partial charge in [0.15, 0.2) is 0 Å². The van der Waals surface area contributed by atoms with Gasteiger partial charge in [-0.1, -0.05) is 18.2 Å². The zero-order chi connectivity index (χ0) is 22.5. The molecule has 2 aromatic carbocycles. The van der Waals surface area contributed by atoms with E-state index in [2.05, 4.69) is 4.98 Å². The molecule has 0 bridgehead atoms. The Hall–Kier alpha value is -3.67. The van der Waals surface area contributed by atoms with E-state index in [0.29, 0.717) is 12.3 Å². The minimum absolute atomic E-state index is 0.0835. The minimum Gasteiger partial charge on any atom is -0.495 e. The molecule has 0 aliphatic carbocycles. The number of aromatic nitrogens is 2. The van der Waals surface area contributed by atoms with Gasteiger partial charge in [-0.15, -0.1) is 0 Å². The molecule has 3 aromatic rings. The second-order valence-electron chi connectivity index (χ2n) is 7.84. The lowest BCUT2D eigenvalue weighted by Gasteiger charge is -2.16. The molecule has 0 atom stereocenters. The van der Waals surface area contributed by atoms with E-state index < -0.39 is 0 Å². The summed E-state index contributed by atoms with van der Waals surface area (Å²) < 4.78 is 20.7. The van der Waals surface area contributed by atoms with Crippen LogP contribution in [-0.2, 0) is 4.79 Å². The number of allylic oxidation sites excluding steroid dienone is 1. The average molecular weight is 432 g/mol. The lowest BCUT2D eigenvalue weighted by molar-refractivity contribution is -0.123. The molecule has 0 saturated heterocycles. The highest BCUT2D eigenvalue weighted by molar-refractivity contribution is 5.93. The van der Waals surface area contributed by atoms with Crippen molar-refractivity contribution in [3.05, 3.63) is 89.9 Å². The summed E-state index contributed by atoms with van der Waals surface area (Å²) in [5, 5.41) is 0. The number of carbonyl (C=O) groups is 1. The molecule has 0 fully saturated rings. The molecule has 0 radical (unpaired) electrons. The number of benzene rings is 2. The fourth-order valence-corrected chi connectivity index (χ4v) is 3.80. The van der Waals surface area contributed by atoms with Crippen molar-refractivity contribution in [1.82, 2.24) is 14.5 Å².